The molecule has 1 rings (SSSR count). The predicted molar refractivity (Wildman–Crippen MR) is 74.3 cm³/mol. The molecule has 19 heavy (non-hydrogen) atoms. The summed E-state index contributed by atoms with van der Waals surface area (Å²) in [5.74, 6) is -1.11. The summed E-state index contributed by atoms with van der Waals surface area (Å²) >= 11 is 0. The molecule has 0 saturated heterocycles. The highest BCUT2D eigenvalue weighted by Gasteiger charge is 2.31. The molecule has 0 aliphatic heterocycles. The van der Waals surface area contributed by atoms with Crippen molar-refractivity contribution in [3.63, 3.8) is 0 Å². The molecule has 0 radical (unpaired) electrons. The van der Waals surface area contributed by atoms with E-state index in [1.54, 1.807) is 19.9 Å². The molecule has 4 heteroatoms. The fraction of sp³-hybridized carbons (Fsp3) is 0.467. The topological polar surface area (TPSA) is 66.4 Å². The third-order valence-electron chi connectivity index (χ3n) is 3.79. The number of carbonyl (C=O) groups is 2. The fourth-order valence-electron chi connectivity index (χ4n) is 1.72. The van der Waals surface area contributed by atoms with Crippen LogP contribution in [0.2, 0.25) is 0 Å². The molecule has 1 aromatic rings. The quantitative estimate of drug-likeness (QED) is 0.858. The van der Waals surface area contributed by atoms with Gasteiger partial charge in [-0.25, -0.2) is 0 Å². The second-order valence-electron chi connectivity index (χ2n) is 5.15. The van der Waals surface area contributed by atoms with Gasteiger partial charge in [-0.05, 0) is 44.4 Å². The van der Waals surface area contributed by atoms with Gasteiger partial charge in [0.2, 0.25) is 0 Å². The molecular formula is C15H21NO3. The highest BCUT2D eigenvalue weighted by atomic mass is 16.4. The number of aliphatic carboxylic acids is 1. The third-order valence-corrected chi connectivity index (χ3v) is 3.79. The van der Waals surface area contributed by atoms with E-state index in [9.17, 15) is 9.59 Å². The maximum atomic E-state index is 12.1. The Hall–Kier alpha value is -1.84. The first-order valence-electron chi connectivity index (χ1n) is 6.39. The van der Waals surface area contributed by atoms with Crippen LogP contribution in [0.1, 0.15) is 41.8 Å². The lowest BCUT2D eigenvalue weighted by Gasteiger charge is -2.23. The molecule has 0 spiro atoms. The SMILES string of the molecule is CCC(C)(CNC(=O)c1cccc(C)c1C)C(=O)O. The van der Waals surface area contributed by atoms with Gasteiger partial charge in [0.05, 0.1) is 5.41 Å². The van der Waals surface area contributed by atoms with E-state index in [-0.39, 0.29) is 12.5 Å². The number of carboxylic acids is 1. The van der Waals surface area contributed by atoms with Crippen LogP contribution >= 0.6 is 0 Å². The summed E-state index contributed by atoms with van der Waals surface area (Å²) in [4.78, 5) is 23.3. The normalized spacial score (nSPS) is 13.7. The van der Waals surface area contributed by atoms with Crippen LogP contribution in [0.25, 0.3) is 0 Å². The number of hydrogen-bond donors (Lipinski definition) is 2. The molecule has 104 valence electrons. The molecule has 2 N–H and O–H groups in total. The van der Waals surface area contributed by atoms with Gasteiger partial charge in [-0.3, -0.25) is 9.59 Å². The minimum absolute atomic E-state index is 0.130. The number of aryl methyl sites for hydroxylation is 1. The number of benzene rings is 1. The molecule has 0 aromatic heterocycles. The Bertz CT molecular complexity index is 496. The van der Waals surface area contributed by atoms with E-state index >= 15 is 0 Å². The molecule has 1 aromatic carbocycles. The van der Waals surface area contributed by atoms with Gasteiger partial charge in [-0.15, -0.1) is 0 Å². The summed E-state index contributed by atoms with van der Waals surface area (Å²) in [6.07, 6.45) is 0.468. The number of rotatable bonds is 5. The van der Waals surface area contributed by atoms with Crippen LogP contribution in [-0.2, 0) is 4.79 Å². The molecule has 4 nitrogen and oxygen atoms in total. The van der Waals surface area contributed by atoms with Crippen molar-refractivity contribution in [2.24, 2.45) is 5.41 Å². The average molecular weight is 263 g/mol. The Labute approximate surface area is 113 Å². The lowest BCUT2D eigenvalue weighted by Crippen LogP contribution is -2.40. The highest BCUT2D eigenvalue weighted by Crippen LogP contribution is 2.20. The first-order chi connectivity index (χ1) is 8.81. The van der Waals surface area contributed by atoms with Crippen LogP contribution in [0.4, 0.5) is 0 Å². The van der Waals surface area contributed by atoms with E-state index in [0.717, 1.165) is 11.1 Å². The lowest BCUT2D eigenvalue weighted by atomic mass is 9.87. The highest BCUT2D eigenvalue weighted by molar-refractivity contribution is 5.96. The Morgan fingerprint density at radius 3 is 2.47 bits per heavy atom. The summed E-state index contributed by atoms with van der Waals surface area (Å²) in [6.45, 7) is 7.40. The van der Waals surface area contributed by atoms with E-state index in [2.05, 4.69) is 5.32 Å². The molecular weight excluding hydrogens is 242 g/mol. The average Bonchev–Trinajstić information content (AvgIpc) is 2.38. The predicted octanol–water partition coefficient (Wildman–Crippen LogP) is 2.53. The second kappa shape index (κ2) is 5.87. The molecule has 0 aliphatic rings. The Balaban J connectivity index is 2.81. The summed E-state index contributed by atoms with van der Waals surface area (Å²) in [7, 11) is 0. The van der Waals surface area contributed by atoms with Gasteiger partial charge in [-0.1, -0.05) is 19.1 Å². The zero-order valence-corrected chi connectivity index (χ0v) is 11.9. The number of carbonyl (C=O) groups excluding carboxylic acids is 1. The molecule has 1 amide bonds. The van der Waals surface area contributed by atoms with Gasteiger partial charge >= 0.3 is 5.97 Å². The van der Waals surface area contributed by atoms with Crippen LogP contribution in [-0.4, -0.2) is 23.5 Å². The zero-order valence-electron chi connectivity index (χ0n) is 11.9. The minimum atomic E-state index is -0.923. The summed E-state index contributed by atoms with van der Waals surface area (Å²) in [5, 5.41) is 11.9. The summed E-state index contributed by atoms with van der Waals surface area (Å²) in [5.41, 5.74) is 1.65. The molecule has 1 atom stereocenters. The maximum absolute atomic E-state index is 12.1. The molecule has 1 unspecified atom stereocenters. The Morgan fingerprint density at radius 2 is 1.95 bits per heavy atom. The summed E-state index contributed by atoms with van der Waals surface area (Å²) < 4.78 is 0. The van der Waals surface area contributed by atoms with Crippen molar-refractivity contribution in [1.29, 1.82) is 0 Å². The fourth-order valence-corrected chi connectivity index (χ4v) is 1.72. The van der Waals surface area contributed by atoms with E-state index in [4.69, 9.17) is 5.11 Å². The Kier molecular flexibility index (Phi) is 4.70. The van der Waals surface area contributed by atoms with Crippen molar-refractivity contribution < 1.29 is 14.7 Å². The monoisotopic (exact) mass is 263 g/mol. The van der Waals surface area contributed by atoms with Crippen molar-refractivity contribution in [2.45, 2.75) is 34.1 Å². The number of hydrogen-bond acceptors (Lipinski definition) is 2. The van der Waals surface area contributed by atoms with Gasteiger partial charge < -0.3 is 10.4 Å². The standard InChI is InChI=1S/C15H21NO3/c1-5-15(4,14(18)19)9-16-13(17)12-8-6-7-10(2)11(12)3/h6-8H,5,9H2,1-4H3,(H,16,17)(H,18,19). The largest absolute Gasteiger partial charge is 0.481 e. The third kappa shape index (κ3) is 3.34. The van der Waals surface area contributed by atoms with Crippen molar-refractivity contribution in [3.05, 3.63) is 34.9 Å². The van der Waals surface area contributed by atoms with Gasteiger partial charge in [0.15, 0.2) is 0 Å². The first-order valence-corrected chi connectivity index (χ1v) is 6.39. The van der Waals surface area contributed by atoms with Crippen LogP contribution in [0.3, 0.4) is 0 Å². The van der Waals surface area contributed by atoms with Crippen molar-refractivity contribution in [1.82, 2.24) is 5.32 Å². The first kappa shape index (κ1) is 15.2. The van der Waals surface area contributed by atoms with E-state index in [1.807, 2.05) is 26.0 Å². The number of amides is 1. The molecule has 0 bridgehead atoms. The van der Waals surface area contributed by atoms with Gasteiger partial charge in [0, 0.05) is 12.1 Å². The molecule has 0 fully saturated rings. The number of nitrogens with one attached hydrogen (secondary N) is 1. The van der Waals surface area contributed by atoms with Gasteiger partial charge in [-0.2, -0.15) is 0 Å². The van der Waals surface area contributed by atoms with Crippen LogP contribution < -0.4 is 5.32 Å². The van der Waals surface area contributed by atoms with Gasteiger partial charge in [0.25, 0.3) is 5.91 Å². The maximum Gasteiger partial charge on any atom is 0.311 e. The Morgan fingerprint density at radius 1 is 1.32 bits per heavy atom. The van der Waals surface area contributed by atoms with Crippen molar-refractivity contribution >= 4 is 11.9 Å². The van der Waals surface area contributed by atoms with E-state index < -0.39 is 11.4 Å². The van der Waals surface area contributed by atoms with E-state index in [1.165, 1.54) is 0 Å². The van der Waals surface area contributed by atoms with Crippen LogP contribution in [0.5, 0.6) is 0 Å². The van der Waals surface area contributed by atoms with Gasteiger partial charge in [0.1, 0.15) is 0 Å². The van der Waals surface area contributed by atoms with Crippen LogP contribution in [0, 0.1) is 19.3 Å². The molecule has 0 aliphatic carbocycles. The van der Waals surface area contributed by atoms with Crippen molar-refractivity contribution in [2.75, 3.05) is 6.54 Å². The van der Waals surface area contributed by atoms with Crippen molar-refractivity contribution in [3.8, 4) is 0 Å². The smallest absolute Gasteiger partial charge is 0.311 e. The zero-order chi connectivity index (χ0) is 14.6. The second-order valence-corrected chi connectivity index (χ2v) is 5.15. The molecule has 0 saturated carbocycles. The lowest BCUT2D eigenvalue weighted by molar-refractivity contribution is -0.147. The number of carboxylic acid groups (broad SMARTS) is 1. The van der Waals surface area contributed by atoms with Crippen LogP contribution in [0.15, 0.2) is 18.2 Å². The minimum Gasteiger partial charge on any atom is -0.481 e. The molecule has 0 heterocycles. The summed E-state index contributed by atoms with van der Waals surface area (Å²) in [6, 6.07) is 5.52. The van der Waals surface area contributed by atoms with E-state index in [0.29, 0.717) is 12.0 Å².